The van der Waals surface area contributed by atoms with Gasteiger partial charge in [-0.1, -0.05) is 0 Å². The quantitative estimate of drug-likeness (QED) is 0.192. The second-order valence-electron chi connectivity index (χ2n) is 0.676. The van der Waals surface area contributed by atoms with Gasteiger partial charge in [0.15, 0.2) is 0 Å². The van der Waals surface area contributed by atoms with E-state index in [0.29, 0.717) is 0 Å². The maximum atomic E-state index is 8.78. The summed E-state index contributed by atoms with van der Waals surface area (Å²) in [5.41, 5.74) is 8.06. The molecule has 0 heterocycles. The van der Waals surface area contributed by atoms with Gasteiger partial charge in [0, 0.05) is 0 Å². The van der Waals surface area contributed by atoms with E-state index in [2.05, 4.69) is 23.2 Å². The van der Waals surface area contributed by atoms with Crippen LogP contribution in [0.15, 0.2) is 0 Å². The molecular formula is C2H12N4O4S. The standard InChI is InChI=1S/2CH3NO2.H4N2.H2S/c2*2-1(3)4;1-2;/h2*2H2,(H,3,4);1-2H2;1H2. The Morgan fingerprint density at radius 3 is 0.909 bits per heavy atom. The summed E-state index contributed by atoms with van der Waals surface area (Å²) >= 11 is 0. The largest absolute Gasteiger partial charge is 0.465 e. The van der Waals surface area contributed by atoms with Crippen molar-refractivity contribution in [2.45, 2.75) is 0 Å². The van der Waals surface area contributed by atoms with Crippen molar-refractivity contribution in [3.63, 3.8) is 0 Å². The molecule has 0 aliphatic carbocycles. The number of amides is 2. The molecule has 0 rings (SSSR count). The SMILES string of the molecule is NC(=O)O.NC(=O)O.NN.S. The van der Waals surface area contributed by atoms with E-state index in [-0.39, 0.29) is 13.5 Å². The molecule has 11 heavy (non-hydrogen) atoms. The monoisotopic (exact) mass is 188 g/mol. The third-order valence-corrected chi connectivity index (χ3v) is 0. The Labute approximate surface area is 69.5 Å². The molecule has 10 N–H and O–H groups in total. The fourth-order valence-electron chi connectivity index (χ4n) is 0. The molecule has 2 amide bonds. The maximum absolute atomic E-state index is 8.78. The van der Waals surface area contributed by atoms with Gasteiger partial charge in [0.25, 0.3) is 0 Å². The molecule has 0 aromatic heterocycles. The van der Waals surface area contributed by atoms with Gasteiger partial charge in [-0.15, -0.1) is 0 Å². The van der Waals surface area contributed by atoms with Crippen LogP contribution < -0.4 is 23.2 Å². The molecule has 0 saturated carbocycles. The zero-order chi connectivity index (χ0) is 9.15. The van der Waals surface area contributed by atoms with E-state index in [4.69, 9.17) is 19.8 Å². The molecule has 70 valence electrons. The van der Waals surface area contributed by atoms with Crippen molar-refractivity contribution < 1.29 is 19.8 Å². The highest BCUT2D eigenvalue weighted by atomic mass is 32.1. The number of hydrogen-bond acceptors (Lipinski definition) is 4. The highest BCUT2D eigenvalue weighted by Gasteiger charge is 1.65. The topological polar surface area (TPSA) is 179 Å². The number of hydrazine groups is 1. The van der Waals surface area contributed by atoms with Crippen molar-refractivity contribution in [1.82, 2.24) is 0 Å². The number of carboxylic acid groups (broad SMARTS) is 2. The zero-order valence-electron chi connectivity index (χ0n) is 5.52. The predicted octanol–water partition coefficient (Wildman–Crippen LogP) is -1.82. The van der Waals surface area contributed by atoms with Gasteiger partial charge in [0.05, 0.1) is 0 Å². The van der Waals surface area contributed by atoms with Gasteiger partial charge in [-0.2, -0.15) is 13.5 Å². The van der Waals surface area contributed by atoms with E-state index in [0.717, 1.165) is 0 Å². The lowest BCUT2D eigenvalue weighted by molar-refractivity contribution is 0.204. The molecule has 0 aromatic rings. The van der Waals surface area contributed by atoms with Crippen molar-refractivity contribution >= 4 is 25.7 Å². The van der Waals surface area contributed by atoms with Gasteiger partial charge in [-0.3, -0.25) is 11.7 Å². The van der Waals surface area contributed by atoms with Crippen LogP contribution in [0.5, 0.6) is 0 Å². The van der Waals surface area contributed by atoms with Gasteiger partial charge in [-0.05, 0) is 0 Å². The highest BCUT2D eigenvalue weighted by molar-refractivity contribution is 7.59. The normalized spacial score (nSPS) is 4.91. The van der Waals surface area contributed by atoms with E-state index >= 15 is 0 Å². The first kappa shape index (κ1) is 22.6. The average Bonchev–Trinajstić information content (AvgIpc) is 1.66. The second kappa shape index (κ2) is 23.2. The lowest BCUT2D eigenvalue weighted by Crippen LogP contribution is -2.03. The molecule has 0 fully saturated rings. The average molecular weight is 188 g/mol. The van der Waals surface area contributed by atoms with Crippen LogP contribution in [-0.2, 0) is 0 Å². The van der Waals surface area contributed by atoms with Crippen molar-refractivity contribution in [2.75, 3.05) is 0 Å². The maximum Gasteiger partial charge on any atom is 0.402 e. The van der Waals surface area contributed by atoms with Crippen LogP contribution in [0, 0.1) is 0 Å². The van der Waals surface area contributed by atoms with Crippen LogP contribution in [-0.4, -0.2) is 22.4 Å². The summed E-state index contributed by atoms with van der Waals surface area (Å²) in [5, 5.41) is 14.4. The minimum atomic E-state index is -1.33. The van der Waals surface area contributed by atoms with Crippen LogP contribution in [0.25, 0.3) is 0 Å². The van der Waals surface area contributed by atoms with Gasteiger partial charge < -0.3 is 21.7 Å². The van der Waals surface area contributed by atoms with Gasteiger partial charge >= 0.3 is 12.2 Å². The molecule has 0 aliphatic rings. The summed E-state index contributed by atoms with van der Waals surface area (Å²) in [6, 6.07) is 0. The highest BCUT2D eigenvalue weighted by Crippen LogP contribution is 1.35. The van der Waals surface area contributed by atoms with E-state index in [1.165, 1.54) is 0 Å². The van der Waals surface area contributed by atoms with Crippen LogP contribution in [0.1, 0.15) is 0 Å². The minimum Gasteiger partial charge on any atom is -0.465 e. The Morgan fingerprint density at radius 2 is 0.909 bits per heavy atom. The molecule has 9 heteroatoms. The van der Waals surface area contributed by atoms with E-state index in [1.807, 2.05) is 0 Å². The molecule has 0 bridgehead atoms. The number of nitrogens with two attached hydrogens (primary N) is 4. The van der Waals surface area contributed by atoms with Gasteiger partial charge in [0.2, 0.25) is 0 Å². The number of carbonyl (C=O) groups is 2. The minimum absolute atomic E-state index is 0. The van der Waals surface area contributed by atoms with Crippen LogP contribution in [0.3, 0.4) is 0 Å². The molecular weight excluding hydrogens is 176 g/mol. The Balaban J connectivity index is -0.0000000339. The summed E-state index contributed by atoms with van der Waals surface area (Å²) in [4.78, 5) is 17.6. The first-order valence-corrected chi connectivity index (χ1v) is 1.77. The summed E-state index contributed by atoms with van der Waals surface area (Å²) in [6.07, 6.45) is -2.67. The third-order valence-electron chi connectivity index (χ3n) is 0. The van der Waals surface area contributed by atoms with Crippen LogP contribution >= 0.6 is 13.5 Å². The molecule has 0 saturated heterocycles. The molecule has 0 aromatic carbocycles. The van der Waals surface area contributed by atoms with Crippen molar-refractivity contribution in [1.29, 1.82) is 0 Å². The van der Waals surface area contributed by atoms with Crippen molar-refractivity contribution in [3.05, 3.63) is 0 Å². The number of primary amides is 2. The van der Waals surface area contributed by atoms with Crippen molar-refractivity contribution in [2.24, 2.45) is 23.2 Å². The Hall–Kier alpha value is -1.19. The first-order chi connectivity index (χ1) is 4.46. The fraction of sp³-hybridized carbons (Fsp3) is 0. The van der Waals surface area contributed by atoms with E-state index in [1.54, 1.807) is 0 Å². The summed E-state index contributed by atoms with van der Waals surface area (Å²) in [5.74, 6) is 8.00. The summed E-state index contributed by atoms with van der Waals surface area (Å²) < 4.78 is 0. The van der Waals surface area contributed by atoms with Gasteiger partial charge in [-0.25, -0.2) is 9.59 Å². The number of hydrogen-bond donors (Lipinski definition) is 6. The molecule has 0 aliphatic heterocycles. The van der Waals surface area contributed by atoms with Crippen molar-refractivity contribution in [3.8, 4) is 0 Å². The Morgan fingerprint density at radius 1 is 0.909 bits per heavy atom. The van der Waals surface area contributed by atoms with Gasteiger partial charge in [0.1, 0.15) is 0 Å². The fourth-order valence-corrected chi connectivity index (χ4v) is 0. The lowest BCUT2D eigenvalue weighted by atomic mass is 11.3. The third kappa shape index (κ3) is 289. The first-order valence-electron chi connectivity index (χ1n) is 1.77. The predicted molar refractivity (Wildman–Crippen MR) is 43.2 cm³/mol. The van der Waals surface area contributed by atoms with Crippen LogP contribution in [0.2, 0.25) is 0 Å². The Kier molecular flexibility index (Phi) is 47.6. The molecule has 0 unspecified atom stereocenters. The lowest BCUT2D eigenvalue weighted by Gasteiger charge is -1.61. The summed E-state index contributed by atoms with van der Waals surface area (Å²) in [7, 11) is 0. The molecule has 0 spiro atoms. The number of rotatable bonds is 0. The molecule has 0 radical (unpaired) electrons. The Bertz CT molecular complexity index is 78.1. The molecule has 8 nitrogen and oxygen atoms in total. The molecule has 0 atom stereocenters. The van der Waals surface area contributed by atoms with E-state index < -0.39 is 12.2 Å². The summed E-state index contributed by atoms with van der Waals surface area (Å²) in [6.45, 7) is 0. The van der Waals surface area contributed by atoms with E-state index in [9.17, 15) is 0 Å². The second-order valence-corrected chi connectivity index (χ2v) is 0.676. The van der Waals surface area contributed by atoms with Crippen LogP contribution in [0.4, 0.5) is 9.59 Å². The zero-order valence-corrected chi connectivity index (χ0v) is 6.52. The smallest absolute Gasteiger partial charge is 0.402 e.